The number of nitrogens with zero attached hydrogens (tertiary/aromatic N) is 2. The highest BCUT2D eigenvalue weighted by molar-refractivity contribution is 6.07. The van der Waals surface area contributed by atoms with Crippen LogP contribution < -0.4 is 5.73 Å². The quantitative estimate of drug-likeness (QED) is 0.810. The Morgan fingerprint density at radius 1 is 1.25 bits per heavy atom. The van der Waals surface area contributed by atoms with Crippen LogP contribution in [0.1, 0.15) is 56.7 Å². The molecule has 1 aliphatic carbocycles. The van der Waals surface area contributed by atoms with Crippen LogP contribution in [0.25, 0.3) is 6.08 Å². The Bertz CT molecular complexity index is 859. The Labute approximate surface area is 167 Å². The van der Waals surface area contributed by atoms with Crippen molar-refractivity contribution in [2.24, 2.45) is 21.6 Å². The van der Waals surface area contributed by atoms with Crippen molar-refractivity contribution in [2.45, 2.75) is 52.0 Å². The molecule has 1 saturated heterocycles. The SMILES string of the molecule is CN1C(=O)C2(CC3(CCOCC3)Cc3ccc(/C=C/C(C)(C)C)cc32)N=C1N. The second-order valence-corrected chi connectivity index (χ2v) is 9.78. The van der Waals surface area contributed by atoms with E-state index >= 15 is 0 Å². The van der Waals surface area contributed by atoms with Crippen LogP contribution in [0.3, 0.4) is 0 Å². The van der Waals surface area contributed by atoms with Crippen molar-refractivity contribution in [3.63, 3.8) is 0 Å². The summed E-state index contributed by atoms with van der Waals surface area (Å²) >= 11 is 0. The van der Waals surface area contributed by atoms with Gasteiger partial charge >= 0.3 is 0 Å². The lowest BCUT2D eigenvalue weighted by molar-refractivity contribution is -0.133. The Morgan fingerprint density at radius 2 is 1.96 bits per heavy atom. The molecule has 0 saturated carbocycles. The van der Waals surface area contributed by atoms with Crippen LogP contribution in [0.15, 0.2) is 29.3 Å². The van der Waals surface area contributed by atoms with E-state index in [1.807, 2.05) is 0 Å². The van der Waals surface area contributed by atoms with Crippen molar-refractivity contribution in [1.29, 1.82) is 0 Å². The Balaban J connectivity index is 1.84. The second kappa shape index (κ2) is 6.45. The number of hydrogen-bond donors (Lipinski definition) is 1. The second-order valence-electron chi connectivity index (χ2n) is 9.78. The van der Waals surface area contributed by atoms with Crippen molar-refractivity contribution in [3.05, 3.63) is 41.0 Å². The third-order valence-electron chi connectivity index (χ3n) is 6.41. The fraction of sp³-hybridized carbons (Fsp3) is 0.565. The molecule has 2 aliphatic heterocycles. The first-order valence-corrected chi connectivity index (χ1v) is 10.2. The van der Waals surface area contributed by atoms with E-state index in [1.54, 1.807) is 7.05 Å². The highest BCUT2D eigenvalue weighted by Gasteiger charge is 2.56. The number of aliphatic imine (C=N–C) groups is 1. The van der Waals surface area contributed by atoms with Crippen LogP contribution in [0.5, 0.6) is 0 Å². The lowest BCUT2D eigenvalue weighted by atomic mass is 9.60. The molecule has 0 bridgehead atoms. The molecule has 150 valence electrons. The molecule has 2 N–H and O–H groups in total. The number of hydrogen-bond acceptors (Lipinski definition) is 4. The third-order valence-corrected chi connectivity index (χ3v) is 6.41. The molecule has 1 unspecified atom stereocenters. The van der Waals surface area contributed by atoms with E-state index in [1.165, 1.54) is 10.5 Å². The molecular formula is C23H31N3O2. The molecular weight excluding hydrogens is 350 g/mol. The predicted octanol–water partition coefficient (Wildman–Crippen LogP) is 3.47. The van der Waals surface area contributed by atoms with Gasteiger partial charge in [0, 0.05) is 20.3 Å². The first-order valence-electron chi connectivity index (χ1n) is 10.2. The summed E-state index contributed by atoms with van der Waals surface area (Å²) in [6.45, 7) is 8.04. The summed E-state index contributed by atoms with van der Waals surface area (Å²) in [5.41, 5.74) is 8.74. The van der Waals surface area contributed by atoms with Crippen LogP contribution in [-0.2, 0) is 21.5 Å². The Morgan fingerprint density at radius 3 is 2.57 bits per heavy atom. The van der Waals surface area contributed by atoms with E-state index < -0.39 is 5.54 Å². The minimum Gasteiger partial charge on any atom is -0.381 e. The fourth-order valence-corrected chi connectivity index (χ4v) is 4.84. The van der Waals surface area contributed by atoms with Gasteiger partial charge < -0.3 is 10.5 Å². The summed E-state index contributed by atoms with van der Waals surface area (Å²) in [6, 6.07) is 6.49. The number of guanidine groups is 1. The average molecular weight is 382 g/mol. The molecule has 4 rings (SSSR count). The van der Waals surface area contributed by atoms with Crippen molar-refractivity contribution >= 4 is 17.9 Å². The number of benzene rings is 1. The van der Waals surface area contributed by atoms with E-state index in [0.29, 0.717) is 12.4 Å². The topological polar surface area (TPSA) is 67.9 Å². The van der Waals surface area contributed by atoms with Crippen molar-refractivity contribution < 1.29 is 9.53 Å². The Kier molecular flexibility index (Phi) is 4.42. The van der Waals surface area contributed by atoms with E-state index in [0.717, 1.165) is 43.6 Å². The van der Waals surface area contributed by atoms with Gasteiger partial charge in [-0.3, -0.25) is 9.69 Å². The van der Waals surface area contributed by atoms with Crippen molar-refractivity contribution in [1.82, 2.24) is 4.90 Å². The fourth-order valence-electron chi connectivity index (χ4n) is 4.84. The van der Waals surface area contributed by atoms with Crippen molar-refractivity contribution in [2.75, 3.05) is 20.3 Å². The van der Waals surface area contributed by atoms with Gasteiger partial charge in [0.05, 0.1) is 0 Å². The highest BCUT2D eigenvalue weighted by atomic mass is 16.5. The van der Waals surface area contributed by atoms with Crippen LogP contribution in [-0.4, -0.2) is 37.0 Å². The average Bonchev–Trinajstić information content (AvgIpc) is 2.84. The predicted molar refractivity (Wildman–Crippen MR) is 112 cm³/mol. The largest absolute Gasteiger partial charge is 0.381 e. The summed E-state index contributed by atoms with van der Waals surface area (Å²) in [6.07, 6.45) is 7.96. The summed E-state index contributed by atoms with van der Waals surface area (Å²) in [7, 11) is 1.73. The monoisotopic (exact) mass is 381 g/mol. The molecule has 1 atom stereocenters. The first kappa shape index (κ1) is 19.2. The number of amides is 1. The van der Waals surface area contributed by atoms with E-state index in [9.17, 15) is 4.79 Å². The summed E-state index contributed by atoms with van der Waals surface area (Å²) < 4.78 is 5.62. The number of carbonyl (C=O) groups excluding carboxylic acids is 1. The molecule has 3 aliphatic rings. The standard InChI is InChI=1S/C23H31N3O2/c1-21(2,3)8-7-16-5-6-17-14-22(9-11-28-12-10-22)15-23(18(17)13-16)19(27)26(4)20(24)25-23/h5-8,13H,9-12,14-15H2,1-4H3,(H2,24,25)/b8-7+. The molecule has 0 aromatic heterocycles. The molecule has 5 nitrogen and oxygen atoms in total. The number of rotatable bonds is 1. The van der Waals surface area contributed by atoms with E-state index in [-0.39, 0.29) is 16.7 Å². The summed E-state index contributed by atoms with van der Waals surface area (Å²) in [5, 5.41) is 0. The van der Waals surface area contributed by atoms with Gasteiger partial charge in [-0.2, -0.15) is 0 Å². The van der Waals surface area contributed by atoms with Gasteiger partial charge in [0.15, 0.2) is 11.5 Å². The molecule has 1 fully saturated rings. The maximum Gasteiger partial charge on any atom is 0.261 e. The molecule has 2 heterocycles. The maximum atomic E-state index is 13.4. The van der Waals surface area contributed by atoms with Gasteiger partial charge in [-0.15, -0.1) is 0 Å². The smallest absolute Gasteiger partial charge is 0.261 e. The summed E-state index contributed by atoms with van der Waals surface area (Å²) in [5.74, 6) is 0.310. The van der Waals surface area contributed by atoms with Crippen LogP contribution in [0.4, 0.5) is 0 Å². The molecule has 1 amide bonds. The lowest BCUT2D eigenvalue weighted by Gasteiger charge is -2.47. The number of fused-ring (bicyclic) bond motifs is 2. The molecule has 2 spiro atoms. The van der Waals surface area contributed by atoms with E-state index in [4.69, 9.17) is 15.5 Å². The number of ether oxygens (including phenoxy) is 1. The zero-order valence-corrected chi connectivity index (χ0v) is 17.4. The molecule has 1 aromatic carbocycles. The summed E-state index contributed by atoms with van der Waals surface area (Å²) in [4.78, 5) is 19.7. The number of allylic oxidation sites excluding steroid dienone is 1. The van der Waals surface area contributed by atoms with Crippen LogP contribution in [0, 0.1) is 10.8 Å². The zero-order valence-electron chi connectivity index (χ0n) is 17.4. The minimum absolute atomic E-state index is 0.00577. The number of likely N-dealkylation sites (N-methyl/N-ethyl adjacent to an activating group) is 1. The maximum absolute atomic E-state index is 13.4. The lowest BCUT2D eigenvalue weighted by Crippen LogP contribution is -2.49. The van der Waals surface area contributed by atoms with Gasteiger partial charge in [-0.25, -0.2) is 4.99 Å². The van der Waals surface area contributed by atoms with E-state index in [2.05, 4.69) is 51.1 Å². The number of nitrogens with two attached hydrogens (primary N) is 1. The molecule has 0 radical (unpaired) electrons. The van der Waals surface area contributed by atoms with Crippen LogP contribution >= 0.6 is 0 Å². The minimum atomic E-state index is -0.894. The highest BCUT2D eigenvalue weighted by Crippen LogP contribution is 2.53. The van der Waals surface area contributed by atoms with Gasteiger partial charge in [0.25, 0.3) is 5.91 Å². The third kappa shape index (κ3) is 3.16. The normalized spacial score (nSPS) is 26.9. The van der Waals surface area contributed by atoms with Crippen molar-refractivity contribution in [3.8, 4) is 0 Å². The number of carbonyl (C=O) groups is 1. The molecule has 1 aromatic rings. The van der Waals surface area contributed by atoms with Gasteiger partial charge in [0.1, 0.15) is 0 Å². The molecule has 28 heavy (non-hydrogen) atoms. The molecule has 5 heteroatoms. The van der Waals surface area contributed by atoms with Crippen LogP contribution in [0.2, 0.25) is 0 Å². The first-order chi connectivity index (χ1) is 13.1. The zero-order chi connectivity index (χ0) is 20.2. The van der Waals surface area contributed by atoms with Gasteiger partial charge in [-0.05, 0) is 59.3 Å². The Hall–Kier alpha value is -2.14. The van der Waals surface area contributed by atoms with Gasteiger partial charge in [-0.1, -0.05) is 45.1 Å². The van der Waals surface area contributed by atoms with Gasteiger partial charge in [0.2, 0.25) is 0 Å².